The first-order valence-corrected chi connectivity index (χ1v) is 10.6. The van der Waals surface area contributed by atoms with Crippen molar-refractivity contribution in [2.45, 2.75) is 12.2 Å². The normalized spacial score (nSPS) is 14.2. The minimum Gasteiger partial charge on any atom is -0.497 e. The monoisotopic (exact) mass is 392 g/mol. The number of hydrogen-bond donors (Lipinski definition) is 1. The van der Waals surface area contributed by atoms with Crippen LogP contribution in [-0.2, 0) is 10.5 Å². The van der Waals surface area contributed by atoms with Gasteiger partial charge in [0, 0.05) is 42.0 Å². The highest BCUT2D eigenvalue weighted by Gasteiger charge is 2.18. The number of hydrogen-bond acceptors (Lipinski definition) is 3. The number of aromatic amines is 1. The van der Waals surface area contributed by atoms with Gasteiger partial charge < -0.3 is 14.6 Å². The van der Waals surface area contributed by atoms with Gasteiger partial charge in [0.05, 0.1) is 12.9 Å². The number of H-pyrrole nitrogens is 1. The van der Waals surface area contributed by atoms with Crippen molar-refractivity contribution in [3.05, 3.63) is 71.9 Å². The zero-order chi connectivity index (χ0) is 19.3. The fourth-order valence-corrected chi connectivity index (χ4v) is 4.48. The molecule has 3 aromatic rings. The summed E-state index contributed by atoms with van der Waals surface area (Å²) < 4.78 is 5.27. The number of fused-ring (bicyclic) bond motifs is 1. The number of carbonyl (C=O) groups is 1. The van der Waals surface area contributed by atoms with E-state index in [0.29, 0.717) is 12.3 Å². The maximum absolute atomic E-state index is 12.6. The number of nitrogens with one attached hydrogen (secondary N) is 1. The molecule has 1 N–H and O–H groups in total. The van der Waals surface area contributed by atoms with Crippen molar-refractivity contribution in [3.63, 3.8) is 0 Å². The molecule has 5 heteroatoms. The van der Waals surface area contributed by atoms with Crippen LogP contribution in [-0.4, -0.2) is 41.7 Å². The second-order valence-electron chi connectivity index (χ2n) is 6.90. The Labute approximate surface area is 169 Å². The van der Waals surface area contributed by atoms with Crippen LogP contribution in [0.25, 0.3) is 16.5 Å². The number of methoxy groups -OCH3 is 1. The highest BCUT2D eigenvalue weighted by Crippen LogP contribution is 2.27. The molecule has 2 aromatic carbocycles. The van der Waals surface area contributed by atoms with Crippen LogP contribution in [0.2, 0.25) is 0 Å². The number of amides is 1. The predicted octanol–water partition coefficient (Wildman–Crippen LogP) is 4.73. The highest BCUT2D eigenvalue weighted by molar-refractivity contribution is 7.99. The molecular formula is C23H24N2O2S. The third-order valence-corrected chi connectivity index (χ3v) is 6.13. The standard InChI is InChI=1S/C23H24N2O2S/c1-27-20-7-8-21-19(14-24-22(21)13-20)15-28-16-23(26)25-11-9-18(10-12-25)17-5-3-2-4-6-17/h2-9,13-14,24H,10-12,15-16H2,1H3. The SMILES string of the molecule is COc1ccc2c(CSCC(=O)N3CC=C(c4ccccc4)CC3)c[nH]c2c1. The Hall–Kier alpha value is -2.66. The summed E-state index contributed by atoms with van der Waals surface area (Å²) in [6.07, 6.45) is 5.14. The molecule has 0 radical (unpaired) electrons. The molecule has 0 fully saturated rings. The van der Waals surface area contributed by atoms with E-state index in [0.717, 1.165) is 30.0 Å². The molecule has 0 spiro atoms. The van der Waals surface area contributed by atoms with E-state index in [1.165, 1.54) is 22.1 Å². The molecule has 0 bridgehead atoms. The van der Waals surface area contributed by atoms with Crippen molar-refractivity contribution in [1.29, 1.82) is 0 Å². The third-order valence-electron chi connectivity index (χ3n) is 5.16. The minimum absolute atomic E-state index is 0.217. The number of thioether (sulfide) groups is 1. The van der Waals surface area contributed by atoms with Crippen LogP contribution in [0.15, 0.2) is 60.8 Å². The lowest BCUT2D eigenvalue weighted by Crippen LogP contribution is -2.35. The molecule has 144 valence electrons. The zero-order valence-electron chi connectivity index (χ0n) is 16.0. The molecule has 0 aliphatic carbocycles. The molecule has 28 heavy (non-hydrogen) atoms. The number of rotatable bonds is 6. The molecule has 0 saturated carbocycles. The van der Waals surface area contributed by atoms with Crippen molar-refractivity contribution in [1.82, 2.24) is 9.88 Å². The van der Waals surface area contributed by atoms with Gasteiger partial charge in [-0.2, -0.15) is 0 Å². The summed E-state index contributed by atoms with van der Waals surface area (Å²) in [7, 11) is 1.67. The molecular weight excluding hydrogens is 368 g/mol. The fraction of sp³-hybridized carbons (Fsp3) is 0.261. The summed E-state index contributed by atoms with van der Waals surface area (Å²) in [6, 6.07) is 16.5. The first-order chi connectivity index (χ1) is 13.7. The number of benzene rings is 2. The van der Waals surface area contributed by atoms with Crippen LogP contribution in [0, 0.1) is 0 Å². The third kappa shape index (κ3) is 4.09. The molecule has 4 rings (SSSR count). The van der Waals surface area contributed by atoms with E-state index >= 15 is 0 Å². The van der Waals surface area contributed by atoms with E-state index in [1.807, 2.05) is 29.3 Å². The Morgan fingerprint density at radius 1 is 1.21 bits per heavy atom. The van der Waals surface area contributed by atoms with Gasteiger partial charge in [-0.25, -0.2) is 0 Å². The summed E-state index contributed by atoms with van der Waals surface area (Å²) in [5, 5.41) is 1.19. The van der Waals surface area contributed by atoms with Crippen LogP contribution in [0.5, 0.6) is 5.75 Å². The Balaban J connectivity index is 1.30. The average molecular weight is 393 g/mol. The first kappa shape index (κ1) is 18.7. The number of ether oxygens (including phenoxy) is 1. The van der Waals surface area contributed by atoms with Gasteiger partial charge in [-0.05, 0) is 35.3 Å². The zero-order valence-corrected chi connectivity index (χ0v) is 16.8. The number of aromatic nitrogens is 1. The van der Waals surface area contributed by atoms with E-state index in [2.05, 4.69) is 41.4 Å². The summed E-state index contributed by atoms with van der Waals surface area (Å²) >= 11 is 1.67. The van der Waals surface area contributed by atoms with Gasteiger partial charge in [-0.3, -0.25) is 4.79 Å². The van der Waals surface area contributed by atoms with Crippen LogP contribution < -0.4 is 4.74 Å². The molecule has 0 atom stereocenters. The molecule has 0 unspecified atom stereocenters. The summed E-state index contributed by atoms with van der Waals surface area (Å²) in [5.41, 5.74) is 4.89. The maximum atomic E-state index is 12.6. The van der Waals surface area contributed by atoms with Crippen molar-refractivity contribution < 1.29 is 9.53 Å². The summed E-state index contributed by atoms with van der Waals surface area (Å²) in [4.78, 5) is 17.8. The van der Waals surface area contributed by atoms with Gasteiger partial charge in [0.15, 0.2) is 0 Å². The topological polar surface area (TPSA) is 45.3 Å². The van der Waals surface area contributed by atoms with Gasteiger partial charge in [-0.1, -0.05) is 36.4 Å². The van der Waals surface area contributed by atoms with Gasteiger partial charge in [0.1, 0.15) is 5.75 Å². The molecule has 1 aliphatic heterocycles. The molecule has 1 amide bonds. The Kier molecular flexibility index (Phi) is 5.72. The van der Waals surface area contributed by atoms with Gasteiger partial charge in [0.25, 0.3) is 0 Å². The van der Waals surface area contributed by atoms with E-state index in [9.17, 15) is 4.79 Å². The first-order valence-electron chi connectivity index (χ1n) is 9.48. The number of nitrogens with zero attached hydrogens (tertiary/aromatic N) is 1. The summed E-state index contributed by atoms with van der Waals surface area (Å²) in [5.74, 6) is 2.39. The van der Waals surface area contributed by atoms with Gasteiger partial charge in [0.2, 0.25) is 5.91 Å². The predicted molar refractivity (Wildman–Crippen MR) is 117 cm³/mol. The summed E-state index contributed by atoms with van der Waals surface area (Å²) in [6.45, 7) is 1.50. The second kappa shape index (κ2) is 8.57. The minimum atomic E-state index is 0.217. The fourth-order valence-electron chi connectivity index (χ4n) is 3.56. The number of carbonyl (C=O) groups excluding carboxylic acids is 1. The van der Waals surface area contributed by atoms with E-state index in [1.54, 1.807) is 18.9 Å². The smallest absolute Gasteiger partial charge is 0.232 e. The van der Waals surface area contributed by atoms with Gasteiger partial charge in [-0.15, -0.1) is 11.8 Å². The molecule has 1 aromatic heterocycles. The van der Waals surface area contributed by atoms with Crippen molar-refractivity contribution in [2.75, 3.05) is 26.0 Å². The molecule has 2 heterocycles. The maximum Gasteiger partial charge on any atom is 0.232 e. The van der Waals surface area contributed by atoms with Crippen molar-refractivity contribution in [3.8, 4) is 5.75 Å². The van der Waals surface area contributed by atoms with E-state index in [4.69, 9.17) is 4.74 Å². The van der Waals surface area contributed by atoms with Crippen LogP contribution in [0.4, 0.5) is 0 Å². The van der Waals surface area contributed by atoms with Crippen LogP contribution in [0.1, 0.15) is 17.5 Å². The van der Waals surface area contributed by atoms with E-state index < -0.39 is 0 Å². The quantitative estimate of drug-likeness (QED) is 0.660. The molecule has 4 nitrogen and oxygen atoms in total. The Morgan fingerprint density at radius 3 is 2.82 bits per heavy atom. The van der Waals surface area contributed by atoms with Crippen LogP contribution in [0.3, 0.4) is 0 Å². The lowest BCUT2D eigenvalue weighted by atomic mass is 10.00. The average Bonchev–Trinajstić information content (AvgIpc) is 3.16. The molecule has 0 saturated heterocycles. The second-order valence-corrected chi connectivity index (χ2v) is 7.89. The van der Waals surface area contributed by atoms with Crippen LogP contribution >= 0.6 is 11.8 Å². The highest BCUT2D eigenvalue weighted by atomic mass is 32.2. The Morgan fingerprint density at radius 2 is 2.07 bits per heavy atom. The van der Waals surface area contributed by atoms with Crippen molar-refractivity contribution in [2.24, 2.45) is 0 Å². The largest absolute Gasteiger partial charge is 0.497 e. The molecule has 1 aliphatic rings. The van der Waals surface area contributed by atoms with Crippen molar-refractivity contribution >= 4 is 34.1 Å². The van der Waals surface area contributed by atoms with Gasteiger partial charge >= 0.3 is 0 Å². The lowest BCUT2D eigenvalue weighted by molar-refractivity contribution is -0.127. The van der Waals surface area contributed by atoms with E-state index in [-0.39, 0.29) is 5.91 Å². The Bertz CT molecular complexity index is 994. The lowest BCUT2D eigenvalue weighted by Gasteiger charge is -2.26.